The third-order valence-corrected chi connectivity index (χ3v) is 6.04. The van der Waals surface area contributed by atoms with Gasteiger partial charge in [0, 0.05) is 25.0 Å². The summed E-state index contributed by atoms with van der Waals surface area (Å²) in [5.74, 6) is 0.882. The van der Waals surface area contributed by atoms with Crippen molar-refractivity contribution in [3.8, 4) is 5.75 Å². The quantitative estimate of drug-likeness (QED) is 0.450. The maximum Gasteiger partial charge on any atom is 0.278 e. The van der Waals surface area contributed by atoms with Crippen LogP contribution in [0.1, 0.15) is 33.6 Å². The zero-order valence-electron chi connectivity index (χ0n) is 17.6. The minimum atomic E-state index is -0.0839. The first kappa shape index (κ1) is 21.2. The van der Waals surface area contributed by atoms with Gasteiger partial charge in [0.15, 0.2) is 5.16 Å². The molecule has 3 rings (SSSR count). The highest BCUT2D eigenvalue weighted by molar-refractivity contribution is 7.99. The van der Waals surface area contributed by atoms with Gasteiger partial charge >= 0.3 is 0 Å². The van der Waals surface area contributed by atoms with Crippen LogP contribution in [0.4, 0.5) is 0 Å². The van der Waals surface area contributed by atoms with Crippen LogP contribution in [0.25, 0.3) is 21.9 Å². The Hall–Kier alpha value is -2.48. The van der Waals surface area contributed by atoms with Gasteiger partial charge < -0.3 is 14.6 Å². The van der Waals surface area contributed by atoms with E-state index in [4.69, 9.17) is 9.72 Å². The number of ether oxygens (including phenoxy) is 1. The molecule has 156 valence electrons. The second-order valence-corrected chi connectivity index (χ2v) is 8.10. The standard InChI is InChI=1S/C21H28N4O3S/c1-6-10-25-20(27)19-18(15-11-14(28-5)8-9-16(15)24(19)4)23-21(25)29-12-17(26)22-13(3)7-2/h8-9,11,13H,6-7,10,12H2,1-5H3,(H,22,26)/t13-/m0/s1. The predicted molar refractivity (Wildman–Crippen MR) is 118 cm³/mol. The number of amides is 1. The Morgan fingerprint density at radius 3 is 2.76 bits per heavy atom. The number of hydrogen-bond donors (Lipinski definition) is 1. The highest BCUT2D eigenvalue weighted by Crippen LogP contribution is 2.30. The molecule has 7 nitrogen and oxygen atoms in total. The molecule has 0 aliphatic heterocycles. The number of rotatable bonds is 8. The monoisotopic (exact) mass is 416 g/mol. The molecule has 0 aliphatic carbocycles. The summed E-state index contributed by atoms with van der Waals surface area (Å²) in [6.07, 6.45) is 1.68. The van der Waals surface area contributed by atoms with Crippen molar-refractivity contribution in [3.05, 3.63) is 28.6 Å². The molecule has 0 unspecified atom stereocenters. The predicted octanol–water partition coefficient (Wildman–Crippen LogP) is 3.31. The molecule has 29 heavy (non-hydrogen) atoms. The molecule has 0 aliphatic rings. The van der Waals surface area contributed by atoms with Crippen LogP contribution in [0.2, 0.25) is 0 Å². The second kappa shape index (κ2) is 8.90. The Morgan fingerprint density at radius 1 is 1.34 bits per heavy atom. The van der Waals surface area contributed by atoms with Crippen LogP contribution >= 0.6 is 11.8 Å². The maximum atomic E-state index is 13.3. The fourth-order valence-electron chi connectivity index (χ4n) is 3.34. The number of aryl methyl sites for hydroxylation is 1. The summed E-state index contributed by atoms with van der Waals surface area (Å²) in [6.45, 7) is 6.58. The van der Waals surface area contributed by atoms with Gasteiger partial charge in [-0.05, 0) is 38.0 Å². The number of aromatic nitrogens is 3. The van der Waals surface area contributed by atoms with Crippen molar-refractivity contribution in [2.45, 2.75) is 51.4 Å². The van der Waals surface area contributed by atoms with E-state index in [1.54, 1.807) is 11.7 Å². The van der Waals surface area contributed by atoms with Gasteiger partial charge in [0.1, 0.15) is 16.8 Å². The summed E-state index contributed by atoms with van der Waals surface area (Å²) in [5, 5.41) is 4.39. The first-order chi connectivity index (χ1) is 13.9. The van der Waals surface area contributed by atoms with Gasteiger partial charge in [-0.1, -0.05) is 25.6 Å². The van der Waals surface area contributed by atoms with E-state index >= 15 is 0 Å². The molecular formula is C21H28N4O3S. The van der Waals surface area contributed by atoms with Gasteiger partial charge in [0.2, 0.25) is 5.91 Å². The molecule has 1 aromatic carbocycles. The number of nitrogens with one attached hydrogen (secondary N) is 1. The van der Waals surface area contributed by atoms with E-state index in [9.17, 15) is 9.59 Å². The van der Waals surface area contributed by atoms with Gasteiger partial charge in [0.25, 0.3) is 5.56 Å². The minimum absolute atomic E-state index is 0.0543. The molecule has 0 saturated carbocycles. The third-order valence-electron chi connectivity index (χ3n) is 5.07. The highest BCUT2D eigenvalue weighted by atomic mass is 32.2. The zero-order valence-corrected chi connectivity index (χ0v) is 18.4. The smallest absolute Gasteiger partial charge is 0.278 e. The van der Waals surface area contributed by atoms with Gasteiger partial charge in [-0.3, -0.25) is 14.2 Å². The molecule has 2 aromatic heterocycles. The van der Waals surface area contributed by atoms with Crippen molar-refractivity contribution in [2.24, 2.45) is 7.05 Å². The first-order valence-electron chi connectivity index (χ1n) is 9.90. The number of fused-ring (bicyclic) bond motifs is 3. The molecule has 0 saturated heterocycles. The molecule has 8 heteroatoms. The lowest BCUT2D eigenvalue weighted by molar-refractivity contribution is -0.119. The van der Waals surface area contributed by atoms with E-state index in [1.807, 2.05) is 50.6 Å². The Bertz CT molecular complexity index is 1100. The Labute approximate surface area is 174 Å². The van der Waals surface area contributed by atoms with E-state index in [-0.39, 0.29) is 23.3 Å². The summed E-state index contributed by atoms with van der Waals surface area (Å²) in [6, 6.07) is 5.84. The molecule has 1 N–H and O–H groups in total. The number of benzene rings is 1. The molecule has 3 aromatic rings. The number of carbonyl (C=O) groups excluding carboxylic acids is 1. The van der Waals surface area contributed by atoms with Crippen LogP contribution in [0, 0.1) is 0 Å². The van der Waals surface area contributed by atoms with E-state index < -0.39 is 0 Å². The van der Waals surface area contributed by atoms with Crippen molar-refractivity contribution in [1.82, 2.24) is 19.4 Å². The Kier molecular flexibility index (Phi) is 6.52. The van der Waals surface area contributed by atoms with Crippen LogP contribution in [0.5, 0.6) is 5.75 Å². The van der Waals surface area contributed by atoms with Crippen LogP contribution < -0.4 is 15.6 Å². The molecule has 1 amide bonds. The number of nitrogens with zero attached hydrogens (tertiary/aromatic N) is 3. The molecule has 0 fully saturated rings. The Balaban J connectivity index is 2.10. The van der Waals surface area contributed by atoms with Crippen LogP contribution in [0.15, 0.2) is 28.2 Å². The summed E-state index contributed by atoms with van der Waals surface area (Å²) >= 11 is 1.30. The molecule has 0 radical (unpaired) electrons. The van der Waals surface area contributed by atoms with Crippen LogP contribution in [0.3, 0.4) is 0 Å². The van der Waals surface area contributed by atoms with Gasteiger partial charge in [-0.2, -0.15) is 0 Å². The van der Waals surface area contributed by atoms with Crippen molar-refractivity contribution >= 4 is 39.6 Å². The molecular weight excluding hydrogens is 388 g/mol. The molecule has 0 bridgehead atoms. The summed E-state index contributed by atoms with van der Waals surface area (Å²) in [4.78, 5) is 30.4. The fourth-order valence-corrected chi connectivity index (χ4v) is 4.17. The van der Waals surface area contributed by atoms with Crippen molar-refractivity contribution < 1.29 is 9.53 Å². The Morgan fingerprint density at radius 2 is 2.10 bits per heavy atom. The number of methoxy groups -OCH3 is 1. The largest absolute Gasteiger partial charge is 0.497 e. The lowest BCUT2D eigenvalue weighted by Crippen LogP contribution is -2.33. The molecule has 1 atom stereocenters. The average molecular weight is 417 g/mol. The van der Waals surface area contributed by atoms with Gasteiger partial charge in [-0.25, -0.2) is 4.98 Å². The number of carbonyl (C=O) groups is 1. The van der Waals surface area contributed by atoms with Crippen LogP contribution in [-0.2, 0) is 18.4 Å². The summed E-state index contributed by atoms with van der Waals surface area (Å²) in [7, 11) is 3.49. The van der Waals surface area contributed by atoms with Crippen LogP contribution in [-0.4, -0.2) is 38.9 Å². The second-order valence-electron chi connectivity index (χ2n) is 7.16. The van der Waals surface area contributed by atoms with E-state index in [0.717, 1.165) is 23.7 Å². The van der Waals surface area contributed by atoms with E-state index in [1.165, 1.54) is 11.8 Å². The van der Waals surface area contributed by atoms with E-state index in [2.05, 4.69) is 5.32 Å². The average Bonchev–Trinajstić information content (AvgIpc) is 3.00. The highest BCUT2D eigenvalue weighted by Gasteiger charge is 2.19. The number of thioether (sulfide) groups is 1. The van der Waals surface area contributed by atoms with Gasteiger partial charge in [0.05, 0.1) is 18.4 Å². The molecule has 0 spiro atoms. The maximum absolute atomic E-state index is 13.3. The van der Waals surface area contributed by atoms with E-state index in [0.29, 0.717) is 28.5 Å². The first-order valence-corrected chi connectivity index (χ1v) is 10.9. The van der Waals surface area contributed by atoms with Crippen molar-refractivity contribution in [2.75, 3.05) is 12.9 Å². The SMILES string of the molecule is CCCn1c(SCC(=O)N[C@@H](C)CC)nc2c3cc(OC)ccc3n(C)c2c1=O. The third kappa shape index (κ3) is 4.12. The normalized spacial score (nSPS) is 12.4. The zero-order chi connectivity index (χ0) is 21.1. The van der Waals surface area contributed by atoms with Gasteiger partial charge in [-0.15, -0.1) is 0 Å². The van der Waals surface area contributed by atoms with Crippen molar-refractivity contribution in [3.63, 3.8) is 0 Å². The molecule has 2 heterocycles. The lowest BCUT2D eigenvalue weighted by Gasteiger charge is -2.13. The summed E-state index contributed by atoms with van der Waals surface area (Å²) < 4.78 is 8.92. The topological polar surface area (TPSA) is 78.2 Å². The summed E-state index contributed by atoms with van der Waals surface area (Å²) in [5.41, 5.74) is 2.04. The van der Waals surface area contributed by atoms with Crippen molar-refractivity contribution in [1.29, 1.82) is 0 Å². The minimum Gasteiger partial charge on any atom is -0.497 e. The number of hydrogen-bond acceptors (Lipinski definition) is 5. The fraction of sp³-hybridized carbons (Fsp3) is 0.476. The lowest BCUT2D eigenvalue weighted by atomic mass is 10.2.